The highest BCUT2D eigenvalue weighted by Crippen LogP contribution is 2.24. The van der Waals surface area contributed by atoms with Crippen molar-refractivity contribution in [2.45, 2.75) is 19.4 Å². The first kappa shape index (κ1) is 17.1. The van der Waals surface area contributed by atoms with Gasteiger partial charge < -0.3 is 15.3 Å². The van der Waals surface area contributed by atoms with Crippen molar-refractivity contribution in [3.05, 3.63) is 65.0 Å². The number of aromatic nitrogens is 1. The Morgan fingerprint density at radius 2 is 2.00 bits per heavy atom. The number of aryl methyl sites for hydroxylation is 1. The quantitative estimate of drug-likeness (QED) is 0.892. The van der Waals surface area contributed by atoms with Gasteiger partial charge in [-0.3, -0.25) is 9.78 Å². The van der Waals surface area contributed by atoms with E-state index in [4.69, 9.17) is 5.11 Å². The summed E-state index contributed by atoms with van der Waals surface area (Å²) in [5.74, 6) is -1.23. The van der Waals surface area contributed by atoms with Crippen LogP contribution in [0.5, 0.6) is 0 Å². The van der Waals surface area contributed by atoms with Crippen LogP contribution in [0, 0.1) is 0 Å². The summed E-state index contributed by atoms with van der Waals surface area (Å²) in [5.41, 5.74) is 2.68. The van der Waals surface area contributed by atoms with Gasteiger partial charge in [-0.15, -0.1) is 0 Å². The number of pyridine rings is 1. The van der Waals surface area contributed by atoms with E-state index in [9.17, 15) is 9.59 Å². The standard InChI is InChI=1S/C19H21N3O3/c1-2-13-3-5-14(6-4-13)17-12-20-9-10-22(17)18(23)16-8-7-15(11-21-16)19(24)25/h3-8,11,17,20H,2,9-10,12H2,1H3,(H,24,25). The molecule has 25 heavy (non-hydrogen) atoms. The minimum absolute atomic E-state index is 0.0619. The minimum Gasteiger partial charge on any atom is -0.478 e. The van der Waals surface area contributed by atoms with Crippen LogP contribution in [-0.2, 0) is 6.42 Å². The van der Waals surface area contributed by atoms with E-state index >= 15 is 0 Å². The minimum atomic E-state index is -1.05. The number of hydrogen-bond donors (Lipinski definition) is 2. The molecule has 3 rings (SSSR count). The summed E-state index contributed by atoms with van der Waals surface area (Å²) in [7, 11) is 0. The predicted molar refractivity (Wildman–Crippen MR) is 93.7 cm³/mol. The molecule has 1 atom stereocenters. The average molecular weight is 339 g/mol. The van der Waals surface area contributed by atoms with Crippen molar-refractivity contribution in [3.63, 3.8) is 0 Å². The lowest BCUT2D eigenvalue weighted by atomic mass is 10.0. The monoisotopic (exact) mass is 339 g/mol. The summed E-state index contributed by atoms with van der Waals surface area (Å²) >= 11 is 0. The van der Waals surface area contributed by atoms with Crippen LogP contribution in [0.3, 0.4) is 0 Å². The summed E-state index contributed by atoms with van der Waals surface area (Å²) in [6.45, 7) is 4.10. The molecular formula is C19H21N3O3. The molecule has 0 radical (unpaired) electrons. The van der Waals surface area contributed by atoms with E-state index < -0.39 is 5.97 Å². The smallest absolute Gasteiger partial charge is 0.337 e. The number of carboxylic acid groups (broad SMARTS) is 1. The van der Waals surface area contributed by atoms with Crippen molar-refractivity contribution in [3.8, 4) is 0 Å². The topological polar surface area (TPSA) is 82.5 Å². The van der Waals surface area contributed by atoms with Crippen molar-refractivity contribution in [1.82, 2.24) is 15.2 Å². The first-order chi connectivity index (χ1) is 12.1. The molecule has 2 N–H and O–H groups in total. The molecule has 1 aliphatic heterocycles. The third kappa shape index (κ3) is 3.69. The van der Waals surface area contributed by atoms with Crippen molar-refractivity contribution < 1.29 is 14.7 Å². The molecule has 1 unspecified atom stereocenters. The summed E-state index contributed by atoms with van der Waals surface area (Å²) in [4.78, 5) is 29.6. The van der Waals surface area contributed by atoms with Gasteiger partial charge in [-0.05, 0) is 29.7 Å². The summed E-state index contributed by atoms with van der Waals surface area (Å²) < 4.78 is 0. The first-order valence-corrected chi connectivity index (χ1v) is 8.40. The average Bonchev–Trinajstić information content (AvgIpc) is 2.67. The SMILES string of the molecule is CCc1ccc(C2CNCCN2C(=O)c2ccc(C(=O)O)cn2)cc1. The first-order valence-electron chi connectivity index (χ1n) is 8.40. The highest BCUT2D eigenvalue weighted by Gasteiger charge is 2.29. The van der Waals surface area contributed by atoms with Gasteiger partial charge in [-0.1, -0.05) is 31.2 Å². The van der Waals surface area contributed by atoms with Crippen LogP contribution >= 0.6 is 0 Å². The molecule has 6 nitrogen and oxygen atoms in total. The fourth-order valence-corrected chi connectivity index (χ4v) is 3.01. The maximum absolute atomic E-state index is 12.9. The number of aromatic carboxylic acids is 1. The molecule has 6 heteroatoms. The molecule has 0 spiro atoms. The van der Waals surface area contributed by atoms with Gasteiger partial charge in [0.15, 0.2) is 0 Å². The lowest BCUT2D eigenvalue weighted by molar-refractivity contribution is 0.0625. The molecule has 1 saturated heterocycles. The number of hydrogen-bond acceptors (Lipinski definition) is 4. The Kier molecular flexibility index (Phi) is 5.09. The number of amides is 1. The van der Waals surface area contributed by atoms with Crippen LogP contribution in [0.25, 0.3) is 0 Å². The number of rotatable bonds is 4. The zero-order valence-electron chi connectivity index (χ0n) is 14.1. The maximum atomic E-state index is 12.9. The Hall–Kier alpha value is -2.73. The number of carbonyl (C=O) groups is 2. The zero-order chi connectivity index (χ0) is 17.8. The second-order valence-corrected chi connectivity index (χ2v) is 6.05. The number of piperazine rings is 1. The lowest BCUT2D eigenvalue weighted by Gasteiger charge is -2.36. The molecule has 0 aliphatic carbocycles. The van der Waals surface area contributed by atoms with Crippen LogP contribution < -0.4 is 5.32 Å². The predicted octanol–water partition coefficient (Wildman–Crippen LogP) is 2.13. The molecule has 2 aromatic rings. The van der Waals surface area contributed by atoms with Crippen LogP contribution in [0.15, 0.2) is 42.6 Å². The van der Waals surface area contributed by atoms with Crippen LogP contribution in [0.2, 0.25) is 0 Å². The van der Waals surface area contributed by atoms with E-state index in [1.54, 1.807) is 4.90 Å². The normalized spacial score (nSPS) is 17.3. The van der Waals surface area contributed by atoms with Gasteiger partial charge in [0.25, 0.3) is 5.91 Å². The maximum Gasteiger partial charge on any atom is 0.337 e. The van der Waals surface area contributed by atoms with Gasteiger partial charge in [-0.25, -0.2) is 4.79 Å². The molecule has 0 saturated carbocycles. The second kappa shape index (κ2) is 7.44. The molecule has 1 aromatic heterocycles. The van der Waals surface area contributed by atoms with E-state index in [2.05, 4.69) is 41.5 Å². The fourth-order valence-electron chi connectivity index (χ4n) is 3.01. The van der Waals surface area contributed by atoms with E-state index in [0.717, 1.165) is 18.5 Å². The van der Waals surface area contributed by atoms with Gasteiger partial charge in [0, 0.05) is 25.8 Å². The van der Waals surface area contributed by atoms with Crippen molar-refractivity contribution in [1.29, 1.82) is 0 Å². The molecule has 1 aromatic carbocycles. The van der Waals surface area contributed by atoms with E-state index in [1.807, 2.05) is 0 Å². The third-order valence-corrected chi connectivity index (χ3v) is 4.51. The summed E-state index contributed by atoms with van der Waals surface area (Å²) in [5, 5.41) is 12.3. The van der Waals surface area contributed by atoms with Gasteiger partial charge in [0.2, 0.25) is 0 Å². The molecular weight excluding hydrogens is 318 g/mol. The molecule has 1 fully saturated rings. The van der Waals surface area contributed by atoms with Crippen molar-refractivity contribution >= 4 is 11.9 Å². The highest BCUT2D eigenvalue weighted by atomic mass is 16.4. The van der Waals surface area contributed by atoms with E-state index in [0.29, 0.717) is 13.1 Å². The van der Waals surface area contributed by atoms with Gasteiger partial charge >= 0.3 is 5.97 Å². The van der Waals surface area contributed by atoms with Gasteiger partial charge in [0.05, 0.1) is 11.6 Å². The summed E-state index contributed by atoms with van der Waals surface area (Å²) in [6.07, 6.45) is 2.20. The van der Waals surface area contributed by atoms with Crippen molar-refractivity contribution in [2.24, 2.45) is 0 Å². The number of carbonyl (C=O) groups excluding carboxylic acids is 1. The Labute approximate surface area is 146 Å². The molecule has 1 aliphatic rings. The molecule has 0 bridgehead atoms. The Morgan fingerprint density at radius 1 is 1.24 bits per heavy atom. The Morgan fingerprint density at radius 3 is 2.60 bits per heavy atom. The molecule has 1 amide bonds. The number of nitrogens with one attached hydrogen (secondary N) is 1. The molecule has 2 heterocycles. The second-order valence-electron chi connectivity index (χ2n) is 6.05. The van der Waals surface area contributed by atoms with Gasteiger partial charge in [-0.2, -0.15) is 0 Å². The van der Waals surface area contributed by atoms with E-state index in [1.165, 1.54) is 23.9 Å². The number of carboxylic acids is 1. The Balaban J connectivity index is 1.84. The molecule has 130 valence electrons. The lowest BCUT2D eigenvalue weighted by Crippen LogP contribution is -2.48. The summed E-state index contributed by atoms with van der Waals surface area (Å²) in [6, 6.07) is 11.1. The van der Waals surface area contributed by atoms with Crippen LogP contribution in [0.1, 0.15) is 44.9 Å². The third-order valence-electron chi connectivity index (χ3n) is 4.51. The number of nitrogens with zero attached hydrogens (tertiary/aromatic N) is 2. The van der Waals surface area contributed by atoms with Gasteiger partial charge in [0.1, 0.15) is 5.69 Å². The van der Waals surface area contributed by atoms with Crippen LogP contribution in [-0.4, -0.2) is 46.5 Å². The zero-order valence-corrected chi connectivity index (χ0v) is 14.1. The van der Waals surface area contributed by atoms with Crippen LogP contribution in [0.4, 0.5) is 0 Å². The largest absolute Gasteiger partial charge is 0.478 e. The fraction of sp³-hybridized carbons (Fsp3) is 0.316. The van der Waals surface area contributed by atoms with E-state index in [-0.39, 0.29) is 23.2 Å². The Bertz CT molecular complexity index is 756. The highest BCUT2D eigenvalue weighted by molar-refractivity contribution is 5.94. The number of benzene rings is 1. The van der Waals surface area contributed by atoms with Crippen molar-refractivity contribution in [2.75, 3.05) is 19.6 Å².